The van der Waals surface area contributed by atoms with Gasteiger partial charge in [-0.25, -0.2) is 9.18 Å². The highest BCUT2D eigenvalue weighted by atomic mass is 19.1. The smallest absolute Gasteiger partial charge is 0.408 e. The van der Waals surface area contributed by atoms with Crippen molar-refractivity contribution in [2.45, 2.75) is 64.4 Å². The molecule has 0 saturated carbocycles. The van der Waals surface area contributed by atoms with Crippen LogP contribution in [0.3, 0.4) is 0 Å². The first-order valence-corrected chi connectivity index (χ1v) is 15.5. The minimum Gasteiger partial charge on any atom is -0.449 e. The van der Waals surface area contributed by atoms with Crippen molar-refractivity contribution in [3.63, 3.8) is 0 Å². The zero-order chi connectivity index (χ0) is 33.9. The van der Waals surface area contributed by atoms with E-state index in [1.54, 1.807) is 39.0 Å². The number of hydrogen-bond acceptors (Lipinski definition) is 9. The summed E-state index contributed by atoms with van der Waals surface area (Å²) in [5.74, 6) is -3.55. The molecule has 2 heterocycles. The lowest BCUT2D eigenvalue weighted by atomic mass is 10.1. The first-order valence-electron chi connectivity index (χ1n) is 15.5. The summed E-state index contributed by atoms with van der Waals surface area (Å²) in [5.41, 5.74) is 1.59. The van der Waals surface area contributed by atoms with Gasteiger partial charge in [-0.15, -0.1) is 0 Å². The summed E-state index contributed by atoms with van der Waals surface area (Å²) in [6.45, 7) is 7.81. The van der Waals surface area contributed by atoms with E-state index in [9.17, 15) is 28.4 Å². The van der Waals surface area contributed by atoms with Crippen molar-refractivity contribution >= 4 is 41.2 Å². The lowest BCUT2D eigenvalue weighted by Gasteiger charge is -2.35. The molecule has 13 nitrogen and oxygen atoms in total. The van der Waals surface area contributed by atoms with Crippen LogP contribution < -0.4 is 15.5 Å². The average Bonchev–Trinajstić information content (AvgIpc) is 3.41. The molecule has 5 rings (SSSR count). The molecule has 0 spiro atoms. The number of rotatable bonds is 7. The maximum absolute atomic E-state index is 14.8. The first kappa shape index (κ1) is 33.8. The summed E-state index contributed by atoms with van der Waals surface area (Å²) < 4.78 is 36.4. The standard InChI is InChI=1S/C33H39FN4O9/c1-19(39)46-27(29(40)35-21-6-8-23-20(17-21)5-10-26(23)36-32(43)47-33(2,3)4)28-31(42)38(13-16-45-28)22-7-9-25(34)24(18-22)30(41)37-11-14-44-15-12-37/h6-9,17-18,26-28H,5,10-16H2,1-4H3,(H,35,40)(H,36,43)/t26-,27-,28-/m1/s1. The molecule has 2 fully saturated rings. The van der Waals surface area contributed by atoms with Gasteiger partial charge in [-0.3, -0.25) is 19.2 Å². The zero-order valence-corrected chi connectivity index (χ0v) is 26.8. The van der Waals surface area contributed by atoms with Gasteiger partial charge in [0, 0.05) is 37.9 Å². The van der Waals surface area contributed by atoms with E-state index in [-0.39, 0.29) is 30.4 Å². The predicted octanol–water partition coefficient (Wildman–Crippen LogP) is 3.11. The Hall–Kier alpha value is -4.56. The van der Waals surface area contributed by atoms with Crippen LogP contribution in [0.4, 0.5) is 20.6 Å². The molecule has 2 aliphatic heterocycles. The zero-order valence-electron chi connectivity index (χ0n) is 26.8. The second-order valence-corrected chi connectivity index (χ2v) is 12.5. The maximum Gasteiger partial charge on any atom is 0.408 e. The van der Waals surface area contributed by atoms with Crippen molar-refractivity contribution in [3.8, 4) is 0 Å². The van der Waals surface area contributed by atoms with Gasteiger partial charge >= 0.3 is 12.1 Å². The number of benzene rings is 2. The number of ether oxygens (including phenoxy) is 4. The number of amides is 4. The fourth-order valence-corrected chi connectivity index (χ4v) is 5.80. The number of esters is 1. The van der Waals surface area contributed by atoms with Gasteiger partial charge in [0.1, 0.15) is 11.4 Å². The molecule has 252 valence electrons. The molecule has 1 aliphatic carbocycles. The number of aryl methyl sites for hydroxylation is 1. The van der Waals surface area contributed by atoms with E-state index in [4.69, 9.17) is 18.9 Å². The summed E-state index contributed by atoms with van der Waals surface area (Å²) in [7, 11) is 0. The van der Waals surface area contributed by atoms with Crippen molar-refractivity contribution in [2.24, 2.45) is 0 Å². The van der Waals surface area contributed by atoms with Crippen LogP contribution in [-0.2, 0) is 39.8 Å². The molecule has 2 aromatic rings. The number of fused-ring (bicyclic) bond motifs is 1. The maximum atomic E-state index is 14.8. The van der Waals surface area contributed by atoms with Crippen LogP contribution in [0.1, 0.15) is 61.6 Å². The third kappa shape index (κ3) is 8.06. The van der Waals surface area contributed by atoms with Gasteiger partial charge in [0.25, 0.3) is 17.7 Å². The summed E-state index contributed by atoms with van der Waals surface area (Å²) in [6.07, 6.45) is -2.39. The molecule has 47 heavy (non-hydrogen) atoms. The van der Waals surface area contributed by atoms with Crippen LogP contribution in [0, 0.1) is 5.82 Å². The molecule has 3 aliphatic rings. The Labute approximate surface area is 271 Å². The van der Waals surface area contributed by atoms with E-state index in [1.165, 1.54) is 21.9 Å². The van der Waals surface area contributed by atoms with E-state index in [2.05, 4.69) is 10.6 Å². The predicted molar refractivity (Wildman–Crippen MR) is 166 cm³/mol. The van der Waals surface area contributed by atoms with E-state index >= 15 is 0 Å². The Morgan fingerprint density at radius 1 is 1.02 bits per heavy atom. The quantitative estimate of drug-likeness (QED) is 0.429. The monoisotopic (exact) mass is 654 g/mol. The third-order valence-electron chi connectivity index (χ3n) is 7.92. The largest absolute Gasteiger partial charge is 0.449 e. The molecule has 14 heteroatoms. The van der Waals surface area contributed by atoms with E-state index in [0.29, 0.717) is 44.8 Å². The molecule has 4 amide bonds. The highest BCUT2D eigenvalue weighted by Crippen LogP contribution is 2.33. The number of halogens is 1. The molecule has 2 aromatic carbocycles. The summed E-state index contributed by atoms with van der Waals surface area (Å²) in [4.78, 5) is 67.4. The summed E-state index contributed by atoms with van der Waals surface area (Å²) in [6, 6.07) is 8.71. The van der Waals surface area contributed by atoms with Crippen molar-refractivity contribution in [3.05, 3.63) is 58.9 Å². The number of carbonyl (C=O) groups excluding carboxylic acids is 5. The second-order valence-electron chi connectivity index (χ2n) is 12.5. The second kappa shape index (κ2) is 14.1. The number of carbonyl (C=O) groups is 5. The SMILES string of the molecule is CC(=O)O[C@@H](C(=O)Nc1ccc2c(c1)CC[C@H]2NC(=O)OC(C)(C)C)[C@H]1OCCN(c2ccc(F)c(C(=O)N3CCOCC3)c2)C1=O. The van der Waals surface area contributed by atoms with E-state index in [1.807, 2.05) is 0 Å². The van der Waals surface area contributed by atoms with Crippen LogP contribution in [0.2, 0.25) is 0 Å². The van der Waals surface area contributed by atoms with Gasteiger partial charge < -0.3 is 39.4 Å². The fourth-order valence-electron chi connectivity index (χ4n) is 5.80. The molecule has 2 saturated heterocycles. The van der Waals surface area contributed by atoms with Crippen LogP contribution in [0.5, 0.6) is 0 Å². The Kier molecular flexibility index (Phi) is 10.1. The molecular weight excluding hydrogens is 615 g/mol. The molecule has 2 N–H and O–H groups in total. The topological polar surface area (TPSA) is 153 Å². The minimum absolute atomic E-state index is 0.0174. The number of hydrogen-bond donors (Lipinski definition) is 2. The Morgan fingerprint density at radius 3 is 2.47 bits per heavy atom. The van der Waals surface area contributed by atoms with Crippen molar-refractivity contribution in [1.82, 2.24) is 10.2 Å². The van der Waals surface area contributed by atoms with Crippen LogP contribution in [-0.4, -0.2) is 91.9 Å². The Morgan fingerprint density at radius 2 is 1.77 bits per heavy atom. The van der Waals surface area contributed by atoms with E-state index < -0.39 is 53.4 Å². The first-order chi connectivity index (χ1) is 22.3. The summed E-state index contributed by atoms with van der Waals surface area (Å²) in [5, 5.41) is 5.59. The molecule has 0 unspecified atom stereocenters. The van der Waals surface area contributed by atoms with Crippen molar-refractivity contribution < 1.29 is 47.3 Å². The number of anilines is 2. The molecule has 0 bridgehead atoms. The van der Waals surface area contributed by atoms with E-state index in [0.717, 1.165) is 24.1 Å². The van der Waals surface area contributed by atoms with Crippen molar-refractivity contribution in [2.75, 3.05) is 49.7 Å². The lowest BCUT2D eigenvalue weighted by molar-refractivity contribution is -0.167. The van der Waals surface area contributed by atoms with Gasteiger partial charge in [0.2, 0.25) is 6.10 Å². The van der Waals surface area contributed by atoms with Gasteiger partial charge in [0.05, 0.1) is 31.4 Å². The van der Waals surface area contributed by atoms with Crippen LogP contribution in [0.15, 0.2) is 36.4 Å². The molecule has 0 radical (unpaired) electrons. The number of nitrogens with one attached hydrogen (secondary N) is 2. The number of nitrogens with zero attached hydrogens (tertiary/aromatic N) is 2. The van der Waals surface area contributed by atoms with Gasteiger partial charge in [-0.2, -0.15) is 0 Å². The molecular formula is C33H39FN4O9. The highest BCUT2D eigenvalue weighted by Gasteiger charge is 2.43. The Balaban J connectivity index is 1.30. The third-order valence-corrected chi connectivity index (χ3v) is 7.92. The lowest BCUT2D eigenvalue weighted by Crippen LogP contribution is -2.56. The number of alkyl carbamates (subject to hydrolysis) is 1. The number of morpholine rings is 2. The van der Waals surface area contributed by atoms with Crippen LogP contribution in [0.25, 0.3) is 0 Å². The summed E-state index contributed by atoms with van der Waals surface area (Å²) >= 11 is 0. The average molecular weight is 655 g/mol. The van der Waals surface area contributed by atoms with Crippen LogP contribution >= 0.6 is 0 Å². The van der Waals surface area contributed by atoms with Gasteiger partial charge in [0.15, 0.2) is 6.10 Å². The molecule has 3 atom stereocenters. The molecule has 0 aromatic heterocycles. The van der Waals surface area contributed by atoms with Crippen molar-refractivity contribution in [1.29, 1.82) is 0 Å². The minimum atomic E-state index is -1.65. The fraction of sp³-hybridized carbons (Fsp3) is 0.485. The highest BCUT2D eigenvalue weighted by molar-refractivity contribution is 6.05. The van der Waals surface area contributed by atoms with Gasteiger partial charge in [-0.05, 0) is 75.1 Å². The normalized spacial score (nSPS) is 20.2. The van der Waals surface area contributed by atoms with Gasteiger partial charge in [-0.1, -0.05) is 6.07 Å². The Bertz CT molecular complexity index is 1550.